The third-order valence-electron chi connectivity index (χ3n) is 2.26. The van der Waals surface area contributed by atoms with Gasteiger partial charge in [-0.25, -0.2) is 0 Å². The molecule has 0 fully saturated rings. The van der Waals surface area contributed by atoms with Crippen LogP contribution in [0.25, 0.3) is 0 Å². The van der Waals surface area contributed by atoms with Crippen molar-refractivity contribution in [2.24, 2.45) is 0 Å². The minimum absolute atomic E-state index is 0.646. The van der Waals surface area contributed by atoms with E-state index in [-0.39, 0.29) is 0 Å². The molecule has 16 heavy (non-hydrogen) atoms. The van der Waals surface area contributed by atoms with Crippen LogP contribution >= 0.6 is 11.6 Å². The van der Waals surface area contributed by atoms with Gasteiger partial charge < -0.3 is 5.32 Å². The summed E-state index contributed by atoms with van der Waals surface area (Å²) in [6.45, 7) is 2.63. The van der Waals surface area contributed by atoms with Crippen molar-refractivity contribution in [1.82, 2.24) is 9.97 Å². The van der Waals surface area contributed by atoms with Gasteiger partial charge in [0.1, 0.15) is 0 Å². The van der Waals surface area contributed by atoms with E-state index in [9.17, 15) is 0 Å². The summed E-state index contributed by atoms with van der Waals surface area (Å²) < 4.78 is 0. The molecule has 0 bridgehead atoms. The molecule has 0 spiro atoms. The molecule has 4 heteroatoms. The molecule has 1 aromatic heterocycles. The Kier molecular flexibility index (Phi) is 3.37. The molecule has 0 saturated carbocycles. The highest BCUT2D eigenvalue weighted by Crippen LogP contribution is 2.20. The molecule has 0 radical (unpaired) electrons. The molecule has 0 amide bonds. The molecule has 0 saturated heterocycles. The van der Waals surface area contributed by atoms with E-state index < -0.39 is 0 Å². The molecular formula is C12H12ClN3. The van der Waals surface area contributed by atoms with E-state index >= 15 is 0 Å². The number of nitrogens with zero attached hydrogens (tertiary/aromatic N) is 2. The molecule has 82 valence electrons. The second-order valence-electron chi connectivity index (χ2n) is 3.51. The number of benzene rings is 1. The number of nitrogens with one attached hydrogen (secondary N) is 1. The Balaban J connectivity index is 2.03. The van der Waals surface area contributed by atoms with Crippen LogP contribution in [0.3, 0.4) is 0 Å². The quantitative estimate of drug-likeness (QED) is 0.886. The average molecular weight is 234 g/mol. The van der Waals surface area contributed by atoms with Crippen molar-refractivity contribution in [3.63, 3.8) is 0 Å². The van der Waals surface area contributed by atoms with Crippen molar-refractivity contribution in [3.8, 4) is 0 Å². The molecule has 1 aromatic carbocycles. The van der Waals surface area contributed by atoms with Gasteiger partial charge in [-0.2, -0.15) is 0 Å². The number of rotatable bonds is 3. The van der Waals surface area contributed by atoms with Crippen LogP contribution in [0.4, 0.5) is 5.69 Å². The van der Waals surface area contributed by atoms with Gasteiger partial charge in [-0.3, -0.25) is 9.97 Å². The average Bonchev–Trinajstić information content (AvgIpc) is 2.32. The fraction of sp³-hybridized carbons (Fsp3) is 0.167. The van der Waals surface area contributed by atoms with Crippen molar-refractivity contribution in [3.05, 3.63) is 53.1 Å². The van der Waals surface area contributed by atoms with E-state index in [2.05, 4.69) is 15.3 Å². The zero-order chi connectivity index (χ0) is 11.4. The van der Waals surface area contributed by atoms with Gasteiger partial charge in [-0.1, -0.05) is 17.7 Å². The highest BCUT2D eigenvalue weighted by atomic mass is 35.5. The fourth-order valence-electron chi connectivity index (χ4n) is 1.32. The van der Waals surface area contributed by atoms with Crippen LogP contribution < -0.4 is 5.32 Å². The first-order chi connectivity index (χ1) is 7.75. The highest BCUT2D eigenvalue weighted by molar-refractivity contribution is 6.31. The Morgan fingerprint density at radius 1 is 1.31 bits per heavy atom. The van der Waals surface area contributed by atoms with Crippen LogP contribution in [-0.4, -0.2) is 9.97 Å². The van der Waals surface area contributed by atoms with Gasteiger partial charge in [0.25, 0.3) is 0 Å². The van der Waals surface area contributed by atoms with Gasteiger partial charge in [0.2, 0.25) is 0 Å². The third-order valence-corrected chi connectivity index (χ3v) is 2.67. The summed E-state index contributed by atoms with van der Waals surface area (Å²) in [5, 5.41) is 4.01. The van der Waals surface area contributed by atoms with Gasteiger partial charge >= 0.3 is 0 Å². The van der Waals surface area contributed by atoms with E-state index in [0.717, 1.165) is 22.0 Å². The molecule has 0 aliphatic rings. The summed E-state index contributed by atoms with van der Waals surface area (Å²) in [4.78, 5) is 8.18. The summed E-state index contributed by atoms with van der Waals surface area (Å²) in [6, 6.07) is 5.90. The molecule has 0 aliphatic carbocycles. The largest absolute Gasteiger partial charge is 0.379 e. The van der Waals surface area contributed by atoms with E-state index in [1.807, 2.05) is 25.1 Å². The van der Waals surface area contributed by atoms with E-state index in [1.54, 1.807) is 18.6 Å². The number of hydrogen-bond acceptors (Lipinski definition) is 3. The van der Waals surface area contributed by atoms with Crippen LogP contribution in [0.15, 0.2) is 36.8 Å². The number of halogens is 1. The van der Waals surface area contributed by atoms with Crippen molar-refractivity contribution in [2.45, 2.75) is 13.5 Å². The molecule has 1 N–H and O–H groups in total. The van der Waals surface area contributed by atoms with Crippen LogP contribution in [0.5, 0.6) is 0 Å². The smallest absolute Gasteiger partial charge is 0.0777 e. The molecule has 2 aromatic rings. The lowest BCUT2D eigenvalue weighted by atomic mass is 10.2. The minimum atomic E-state index is 0.646. The first-order valence-electron chi connectivity index (χ1n) is 5.00. The van der Waals surface area contributed by atoms with E-state index in [1.165, 1.54) is 0 Å². The van der Waals surface area contributed by atoms with Crippen molar-refractivity contribution < 1.29 is 0 Å². The SMILES string of the molecule is Cc1ccc(NCc2cnccn2)cc1Cl. The first kappa shape index (κ1) is 10.9. The fourth-order valence-corrected chi connectivity index (χ4v) is 1.50. The molecular weight excluding hydrogens is 222 g/mol. The standard InChI is InChI=1S/C12H12ClN3/c1-9-2-3-10(6-12(9)13)16-8-11-7-14-4-5-15-11/h2-7,16H,8H2,1H3. The Morgan fingerprint density at radius 2 is 2.19 bits per heavy atom. The maximum Gasteiger partial charge on any atom is 0.0777 e. The van der Waals surface area contributed by atoms with Gasteiger partial charge in [0, 0.05) is 23.1 Å². The molecule has 0 atom stereocenters. The predicted octanol–water partition coefficient (Wildman–Crippen LogP) is 3.05. The summed E-state index contributed by atoms with van der Waals surface area (Å²) in [5.41, 5.74) is 2.96. The molecule has 2 rings (SSSR count). The Labute approximate surface area is 99.5 Å². The molecule has 3 nitrogen and oxygen atoms in total. The van der Waals surface area contributed by atoms with Gasteiger partial charge in [-0.05, 0) is 24.6 Å². The van der Waals surface area contributed by atoms with E-state index in [4.69, 9.17) is 11.6 Å². The lowest BCUT2D eigenvalue weighted by Gasteiger charge is -2.07. The second-order valence-corrected chi connectivity index (χ2v) is 3.92. The lowest BCUT2D eigenvalue weighted by molar-refractivity contribution is 1.01. The van der Waals surface area contributed by atoms with Crippen LogP contribution in [-0.2, 0) is 6.54 Å². The normalized spacial score (nSPS) is 10.1. The Morgan fingerprint density at radius 3 is 2.88 bits per heavy atom. The lowest BCUT2D eigenvalue weighted by Crippen LogP contribution is -2.01. The maximum absolute atomic E-state index is 6.03. The summed E-state index contributed by atoms with van der Waals surface area (Å²) in [5.74, 6) is 0. The van der Waals surface area contributed by atoms with Gasteiger partial charge in [0.05, 0.1) is 18.4 Å². The van der Waals surface area contributed by atoms with Gasteiger partial charge in [0.15, 0.2) is 0 Å². The number of aryl methyl sites for hydroxylation is 1. The molecule has 0 unspecified atom stereocenters. The number of anilines is 1. The van der Waals surface area contributed by atoms with Crippen molar-refractivity contribution in [1.29, 1.82) is 0 Å². The predicted molar refractivity (Wildman–Crippen MR) is 65.5 cm³/mol. The summed E-state index contributed by atoms with van der Waals surface area (Å²) in [6.07, 6.45) is 5.08. The van der Waals surface area contributed by atoms with Crippen LogP contribution in [0, 0.1) is 6.92 Å². The Hall–Kier alpha value is -1.61. The van der Waals surface area contributed by atoms with E-state index in [0.29, 0.717) is 6.54 Å². The molecule has 0 aliphatic heterocycles. The maximum atomic E-state index is 6.03. The topological polar surface area (TPSA) is 37.8 Å². The first-order valence-corrected chi connectivity index (χ1v) is 5.38. The molecule has 1 heterocycles. The minimum Gasteiger partial charge on any atom is -0.379 e. The van der Waals surface area contributed by atoms with Crippen LogP contribution in [0.2, 0.25) is 5.02 Å². The summed E-state index contributed by atoms with van der Waals surface area (Å²) in [7, 11) is 0. The number of aromatic nitrogens is 2. The zero-order valence-electron chi connectivity index (χ0n) is 8.94. The third kappa shape index (κ3) is 2.70. The van der Waals surface area contributed by atoms with Gasteiger partial charge in [-0.15, -0.1) is 0 Å². The number of hydrogen-bond donors (Lipinski definition) is 1. The highest BCUT2D eigenvalue weighted by Gasteiger charge is 1.98. The zero-order valence-corrected chi connectivity index (χ0v) is 9.70. The second kappa shape index (κ2) is 4.94. The monoisotopic (exact) mass is 233 g/mol. The van der Waals surface area contributed by atoms with Crippen molar-refractivity contribution >= 4 is 17.3 Å². The van der Waals surface area contributed by atoms with Crippen molar-refractivity contribution in [2.75, 3.05) is 5.32 Å². The Bertz CT molecular complexity index is 471. The van der Waals surface area contributed by atoms with Crippen LogP contribution in [0.1, 0.15) is 11.3 Å². The summed E-state index contributed by atoms with van der Waals surface area (Å²) >= 11 is 6.03.